The Labute approximate surface area is 172 Å². The SMILES string of the molecule is CCC(CN1CCC(C)C(C)C(CCN2CCCCC2)C1=O)c1ccccc1. The van der Waals surface area contributed by atoms with Gasteiger partial charge in [-0.25, -0.2) is 0 Å². The van der Waals surface area contributed by atoms with E-state index >= 15 is 0 Å². The van der Waals surface area contributed by atoms with Crippen LogP contribution in [0, 0.1) is 17.8 Å². The monoisotopic (exact) mass is 384 g/mol. The van der Waals surface area contributed by atoms with Crippen LogP contribution in [0.2, 0.25) is 0 Å². The van der Waals surface area contributed by atoms with Crippen molar-refractivity contribution in [3.05, 3.63) is 35.9 Å². The Morgan fingerprint density at radius 1 is 1.04 bits per heavy atom. The van der Waals surface area contributed by atoms with Gasteiger partial charge in [-0.2, -0.15) is 0 Å². The number of hydrogen-bond donors (Lipinski definition) is 0. The van der Waals surface area contributed by atoms with E-state index in [0.717, 1.165) is 38.9 Å². The molecule has 0 N–H and O–H groups in total. The Balaban J connectivity index is 1.67. The van der Waals surface area contributed by atoms with Crippen molar-refractivity contribution >= 4 is 5.91 Å². The maximum absolute atomic E-state index is 13.6. The average Bonchev–Trinajstić information content (AvgIpc) is 2.83. The van der Waals surface area contributed by atoms with Crippen LogP contribution in [0.4, 0.5) is 0 Å². The van der Waals surface area contributed by atoms with Gasteiger partial charge in [0.05, 0.1) is 0 Å². The number of carbonyl (C=O) groups is 1. The van der Waals surface area contributed by atoms with E-state index in [1.807, 2.05) is 0 Å². The Kier molecular flexibility index (Phi) is 7.96. The van der Waals surface area contributed by atoms with Gasteiger partial charge in [0.25, 0.3) is 0 Å². The van der Waals surface area contributed by atoms with E-state index in [0.29, 0.717) is 23.7 Å². The summed E-state index contributed by atoms with van der Waals surface area (Å²) in [5.41, 5.74) is 1.37. The fourth-order valence-corrected chi connectivity index (χ4v) is 5.12. The van der Waals surface area contributed by atoms with Crippen LogP contribution in [-0.2, 0) is 4.79 Å². The highest BCUT2D eigenvalue weighted by atomic mass is 16.2. The Morgan fingerprint density at radius 3 is 2.43 bits per heavy atom. The molecule has 3 rings (SSSR count). The lowest BCUT2D eigenvalue weighted by molar-refractivity contribution is -0.137. The number of benzene rings is 1. The number of likely N-dealkylation sites (tertiary alicyclic amines) is 2. The molecule has 0 radical (unpaired) electrons. The van der Waals surface area contributed by atoms with E-state index in [-0.39, 0.29) is 5.92 Å². The van der Waals surface area contributed by atoms with Gasteiger partial charge in [0, 0.05) is 24.9 Å². The molecule has 4 atom stereocenters. The van der Waals surface area contributed by atoms with E-state index in [4.69, 9.17) is 0 Å². The molecule has 1 aromatic rings. The van der Waals surface area contributed by atoms with Crippen molar-refractivity contribution in [2.24, 2.45) is 17.8 Å². The van der Waals surface area contributed by atoms with Crippen molar-refractivity contribution in [1.82, 2.24) is 9.80 Å². The third-order valence-corrected chi connectivity index (χ3v) is 7.43. The summed E-state index contributed by atoms with van der Waals surface area (Å²) in [6, 6.07) is 10.8. The molecule has 2 heterocycles. The number of amides is 1. The Morgan fingerprint density at radius 2 is 1.75 bits per heavy atom. The van der Waals surface area contributed by atoms with Gasteiger partial charge in [0.2, 0.25) is 5.91 Å². The fourth-order valence-electron chi connectivity index (χ4n) is 5.12. The maximum Gasteiger partial charge on any atom is 0.226 e. The normalized spacial score (nSPS) is 28.2. The summed E-state index contributed by atoms with van der Waals surface area (Å²) in [6.07, 6.45) is 7.27. The highest BCUT2D eigenvalue weighted by molar-refractivity contribution is 5.79. The smallest absolute Gasteiger partial charge is 0.226 e. The lowest BCUT2D eigenvalue weighted by Crippen LogP contribution is -2.41. The second-order valence-electron chi connectivity index (χ2n) is 9.22. The molecular formula is C25H40N2O. The zero-order valence-electron chi connectivity index (χ0n) is 18.3. The summed E-state index contributed by atoms with van der Waals surface area (Å²) in [4.78, 5) is 18.4. The van der Waals surface area contributed by atoms with Crippen LogP contribution >= 0.6 is 0 Å². The predicted molar refractivity (Wildman–Crippen MR) is 117 cm³/mol. The summed E-state index contributed by atoms with van der Waals surface area (Å²) in [6.45, 7) is 12.3. The average molecular weight is 385 g/mol. The third-order valence-electron chi connectivity index (χ3n) is 7.43. The van der Waals surface area contributed by atoms with Gasteiger partial charge in [-0.05, 0) is 69.1 Å². The van der Waals surface area contributed by atoms with E-state index in [2.05, 4.69) is 60.9 Å². The molecule has 3 heteroatoms. The number of carbonyl (C=O) groups excluding carboxylic acids is 1. The van der Waals surface area contributed by atoms with Crippen LogP contribution in [0.25, 0.3) is 0 Å². The summed E-state index contributed by atoms with van der Waals surface area (Å²) < 4.78 is 0. The van der Waals surface area contributed by atoms with Gasteiger partial charge in [0.1, 0.15) is 0 Å². The minimum atomic E-state index is 0.188. The molecule has 0 aromatic heterocycles. The molecule has 2 saturated heterocycles. The first-order chi connectivity index (χ1) is 13.6. The highest BCUT2D eigenvalue weighted by Crippen LogP contribution is 2.33. The van der Waals surface area contributed by atoms with Crippen molar-refractivity contribution in [2.75, 3.05) is 32.7 Å². The first-order valence-electron chi connectivity index (χ1n) is 11.7. The van der Waals surface area contributed by atoms with Crippen molar-refractivity contribution in [1.29, 1.82) is 0 Å². The van der Waals surface area contributed by atoms with Crippen LogP contribution in [0.3, 0.4) is 0 Å². The molecule has 0 aliphatic carbocycles. The number of piperidine rings is 1. The molecule has 1 aromatic carbocycles. The molecule has 156 valence electrons. The lowest BCUT2D eigenvalue weighted by atomic mass is 9.81. The zero-order chi connectivity index (χ0) is 19.9. The predicted octanol–water partition coefficient (Wildman–Crippen LogP) is 5.18. The number of rotatable bonds is 7. The molecule has 1 amide bonds. The zero-order valence-corrected chi connectivity index (χ0v) is 18.3. The standard InChI is InChI=1S/C25H40N2O/c1-4-22(23-11-7-5-8-12-23)19-27-18-13-20(2)21(3)24(25(27)28)14-17-26-15-9-6-10-16-26/h5,7-8,11-12,20-22,24H,4,6,9-10,13-19H2,1-3H3. The van der Waals surface area contributed by atoms with E-state index in [1.54, 1.807) is 0 Å². The van der Waals surface area contributed by atoms with E-state index in [9.17, 15) is 4.79 Å². The molecule has 3 nitrogen and oxygen atoms in total. The molecule has 0 spiro atoms. The van der Waals surface area contributed by atoms with Crippen LogP contribution in [0.1, 0.15) is 70.8 Å². The van der Waals surface area contributed by atoms with E-state index in [1.165, 1.54) is 37.9 Å². The van der Waals surface area contributed by atoms with Crippen molar-refractivity contribution in [3.8, 4) is 0 Å². The summed E-state index contributed by atoms with van der Waals surface area (Å²) >= 11 is 0. The van der Waals surface area contributed by atoms with Gasteiger partial charge in [-0.1, -0.05) is 57.5 Å². The molecule has 28 heavy (non-hydrogen) atoms. The van der Waals surface area contributed by atoms with Crippen molar-refractivity contribution in [3.63, 3.8) is 0 Å². The number of hydrogen-bond acceptors (Lipinski definition) is 2. The van der Waals surface area contributed by atoms with Crippen molar-refractivity contribution < 1.29 is 4.79 Å². The third kappa shape index (κ3) is 5.37. The number of nitrogens with zero attached hydrogens (tertiary/aromatic N) is 2. The summed E-state index contributed by atoms with van der Waals surface area (Å²) in [5, 5.41) is 0. The van der Waals surface area contributed by atoms with Gasteiger partial charge in [0.15, 0.2) is 0 Å². The summed E-state index contributed by atoms with van der Waals surface area (Å²) in [7, 11) is 0. The molecule has 4 unspecified atom stereocenters. The Bertz CT molecular complexity index is 596. The topological polar surface area (TPSA) is 23.6 Å². The van der Waals surface area contributed by atoms with Gasteiger partial charge in [-0.15, -0.1) is 0 Å². The quantitative estimate of drug-likeness (QED) is 0.647. The largest absolute Gasteiger partial charge is 0.342 e. The molecule has 0 bridgehead atoms. The molecular weight excluding hydrogens is 344 g/mol. The van der Waals surface area contributed by atoms with Gasteiger partial charge < -0.3 is 9.80 Å². The molecule has 2 fully saturated rings. The second-order valence-corrected chi connectivity index (χ2v) is 9.22. The van der Waals surface area contributed by atoms with Crippen LogP contribution in [0.15, 0.2) is 30.3 Å². The van der Waals surface area contributed by atoms with Crippen molar-refractivity contribution in [2.45, 2.75) is 65.2 Å². The first-order valence-corrected chi connectivity index (χ1v) is 11.7. The summed E-state index contributed by atoms with van der Waals surface area (Å²) in [5.74, 6) is 2.16. The van der Waals surface area contributed by atoms with Crippen LogP contribution < -0.4 is 0 Å². The van der Waals surface area contributed by atoms with E-state index < -0.39 is 0 Å². The fraction of sp³-hybridized carbons (Fsp3) is 0.720. The second kappa shape index (κ2) is 10.4. The first kappa shape index (κ1) is 21.4. The van der Waals surface area contributed by atoms with Gasteiger partial charge in [-0.3, -0.25) is 4.79 Å². The minimum Gasteiger partial charge on any atom is -0.342 e. The van der Waals surface area contributed by atoms with Gasteiger partial charge >= 0.3 is 0 Å². The van der Waals surface area contributed by atoms with Crippen LogP contribution in [-0.4, -0.2) is 48.4 Å². The van der Waals surface area contributed by atoms with Crippen LogP contribution in [0.5, 0.6) is 0 Å². The molecule has 2 aliphatic rings. The maximum atomic E-state index is 13.6. The highest BCUT2D eigenvalue weighted by Gasteiger charge is 2.36. The molecule has 2 aliphatic heterocycles. The Hall–Kier alpha value is -1.35. The molecule has 0 saturated carbocycles. The minimum absolute atomic E-state index is 0.188. The lowest BCUT2D eigenvalue weighted by Gasteiger charge is -2.32.